The Morgan fingerprint density at radius 3 is 2.42 bits per heavy atom. The molecule has 0 spiro atoms. The normalized spacial score (nSPS) is 12.6. The molecule has 0 fully saturated rings. The molecule has 0 aliphatic rings. The second kappa shape index (κ2) is 9.93. The van der Waals surface area contributed by atoms with E-state index in [9.17, 15) is 4.39 Å². The fourth-order valence-corrected chi connectivity index (χ4v) is 2.38. The van der Waals surface area contributed by atoms with E-state index in [2.05, 4.69) is 12.3 Å². The van der Waals surface area contributed by atoms with Gasteiger partial charge in [0.15, 0.2) is 0 Å². The zero-order valence-electron chi connectivity index (χ0n) is 12.0. The summed E-state index contributed by atoms with van der Waals surface area (Å²) in [5.74, 6) is 5.37. The summed E-state index contributed by atoms with van der Waals surface area (Å²) in [6.07, 6.45) is 9.94. The molecule has 3 heteroatoms. The lowest BCUT2D eigenvalue weighted by atomic mass is 10.00. The second-order valence-electron chi connectivity index (χ2n) is 5.18. The Bertz CT molecular complexity index is 341. The molecule has 0 radical (unpaired) electrons. The highest BCUT2D eigenvalue weighted by Crippen LogP contribution is 2.20. The van der Waals surface area contributed by atoms with Gasteiger partial charge in [-0.1, -0.05) is 64.0 Å². The van der Waals surface area contributed by atoms with Crippen molar-refractivity contribution in [1.29, 1.82) is 0 Å². The van der Waals surface area contributed by atoms with Crippen molar-refractivity contribution in [2.24, 2.45) is 5.84 Å². The molecule has 2 nitrogen and oxygen atoms in total. The van der Waals surface area contributed by atoms with E-state index in [4.69, 9.17) is 5.84 Å². The van der Waals surface area contributed by atoms with Gasteiger partial charge in [-0.3, -0.25) is 11.3 Å². The summed E-state index contributed by atoms with van der Waals surface area (Å²) < 4.78 is 13.2. The maximum Gasteiger partial charge on any atom is 0.123 e. The van der Waals surface area contributed by atoms with Gasteiger partial charge < -0.3 is 0 Å². The minimum Gasteiger partial charge on any atom is -0.271 e. The Morgan fingerprint density at radius 2 is 1.79 bits per heavy atom. The molecule has 0 aliphatic heterocycles. The third kappa shape index (κ3) is 6.69. The van der Waals surface area contributed by atoms with Crippen molar-refractivity contribution < 1.29 is 4.39 Å². The summed E-state index contributed by atoms with van der Waals surface area (Å²) in [6, 6.07) is 6.75. The van der Waals surface area contributed by atoms with Gasteiger partial charge in [-0.2, -0.15) is 0 Å². The van der Waals surface area contributed by atoms with Crippen molar-refractivity contribution in [1.82, 2.24) is 5.43 Å². The largest absolute Gasteiger partial charge is 0.271 e. The number of hydrogen-bond donors (Lipinski definition) is 2. The first-order valence-corrected chi connectivity index (χ1v) is 7.49. The van der Waals surface area contributed by atoms with Gasteiger partial charge >= 0.3 is 0 Å². The number of unbranched alkanes of at least 4 members (excludes halogenated alkanes) is 6. The number of hydrazine groups is 1. The van der Waals surface area contributed by atoms with Gasteiger partial charge in [0, 0.05) is 6.04 Å². The van der Waals surface area contributed by atoms with Crippen LogP contribution in [0, 0.1) is 5.82 Å². The highest BCUT2D eigenvalue weighted by atomic mass is 19.1. The van der Waals surface area contributed by atoms with Crippen molar-refractivity contribution >= 4 is 0 Å². The van der Waals surface area contributed by atoms with Crippen molar-refractivity contribution in [3.63, 3.8) is 0 Å². The minimum absolute atomic E-state index is 0.0614. The Balaban J connectivity index is 2.22. The molecule has 19 heavy (non-hydrogen) atoms. The molecule has 0 heterocycles. The van der Waals surface area contributed by atoms with E-state index in [-0.39, 0.29) is 11.9 Å². The third-order valence-electron chi connectivity index (χ3n) is 3.55. The zero-order valence-corrected chi connectivity index (χ0v) is 12.0. The molecular weight excluding hydrogens is 239 g/mol. The van der Waals surface area contributed by atoms with Gasteiger partial charge in [-0.15, -0.1) is 0 Å². The molecule has 0 saturated heterocycles. The van der Waals surface area contributed by atoms with Crippen molar-refractivity contribution in [2.45, 2.75) is 64.3 Å². The van der Waals surface area contributed by atoms with Gasteiger partial charge in [-0.05, 0) is 24.1 Å². The first kappa shape index (κ1) is 16.1. The first-order chi connectivity index (χ1) is 9.27. The Morgan fingerprint density at radius 1 is 1.11 bits per heavy atom. The predicted molar refractivity (Wildman–Crippen MR) is 79.1 cm³/mol. The first-order valence-electron chi connectivity index (χ1n) is 7.49. The molecule has 108 valence electrons. The Hall–Kier alpha value is -0.930. The molecule has 1 atom stereocenters. The van der Waals surface area contributed by atoms with Gasteiger partial charge in [0.05, 0.1) is 0 Å². The highest BCUT2D eigenvalue weighted by Gasteiger charge is 2.09. The number of halogens is 1. The van der Waals surface area contributed by atoms with E-state index in [0.29, 0.717) is 0 Å². The highest BCUT2D eigenvalue weighted by molar-refractivity contribution is 5.19. The van der Waals surface area contributed by atoms with Crippen molar-refractivity contribution in [2.75, 3.05) is 0 Å². The lowest BCUT2D eigenvalue weighted by Gasteiger charge is -2.16. The smallest absolute Gasteiger partial charge is 0.123 e. The summed E-state index contributed by atoms with van der Waals surface area (Å²) in [7, 11) is 0. The lowest BCUT2D eigenvalue weighted by molar-refractivity contribution is 0.473. The molecule has 1 aromatic rings. The van der Waals surface area contributed by atoms with E-state index in [1.807, 2.05) is 6.07 Å². The minimum atomic E-state index is -0.197. The number of benzene rings is 1. The summed E-state index contributed by atoms with van der Waals surface area (Å²) >= 11 is 0. The molecule has 0 amide bonds. The summed E-state index contributed by atoms with van der Waals surface area (Å²) in [5.41, 5.74) is 3.73. The number of hydrogen-bond acceptors (Lipinski definition) is 2. The standard InChI is InChI=1S/C16H27FN2/c1-2-3-4-5-6-7-8-12-16(19-18)14-10-9-11-15(17)13-14/h9-11,13,16,19H,2-8,12,18H2,1H3. The maximum absolute atomic E-state index is 13.2. The van der Waals surface area contributed by atoms with E-state index in [1.165, 1.54) is 44.6 Å². The molecule has 3 N–H and O–H groups in total. The van der Waals surface area contributed by atoms with Crippen LogP contribution in [-0.2, 0) is 0 Å². The predicted octanol–water partition coefficient (Wildman–Crippen LogP) is 4.47. The molecule has 0 saturated carbocycles. The van der Waals surface area contributed by atoms with Crippen molar-refractivity contribution in [3.05, 3.63) is 35.6 Å². The molecular formula is C16H27FN2. The molecule has 0 aliphatic carbocycles. The van der Waals surface area contributed by atoms with E-state index < -0.39 is 0 Å². The van der Waals surface area contributed by atoms with Gasteiger partial charge in [-0.25, -0.2) is 4.39 Å². The Kier molecular flexibility index (Phi) is 8.43. The average Bonchev–Trinajstić information content (AvgIpc) is 2.42. The van der Waals surface area contributed by atoms with Crippen molar-refractivity contribution in [3.8, 4) is 0 Å². The van der Waals surface area contributed by atoms with Crippen LogP contribution >= 0.6 is 0 Å². The molecule has 0 aromatic heterocycles. The SMILES string of the molecule is CCCCCCCCCC(NN)c1cccc(F)c1. The van der Waals surface area contributed by atoms with E-state index in [1.54, 1.807) is 12.1 Å². The second-order valence-corrected chi connectivity index (χ2v) is 5.18. The fourth-order valence-electron chi connectivity index (χ4n) is 2.38. The quantitative estimate of drug-likeness (QED) is 0.372. The van der Waals surface area contributed by atoms with Gasteiger partial charge in [0.2, 0.25) is 0 Å². The van der Waals surface area contributed by atoms with Crippen LogP contribution in [0.4, 0.5) is 4.39 Å². The van der Waals surface area contributed by atoms with Gasteiger partial charge in [0.1, 0.15) is 5.82 Å². The topological polar surface area (TPSA) is 38.0 Å². The van der Waals surface area contributed by atoms with Crippen LogP contribution < -0.4 is 11.3 Å². The van der Waals surface area contributed by atoms with Crippen LogP contribution in [0.5, 0.6) is 0 Å². The van der Waals surface area contributed by atoms with E-state index >= 15 is 0 Å². The third-order valence-corrected chi connectivity index (χ3v) is 3.55. The molecule has 1 aromatic carbocycles. The zero-order chi connectivity index (χ0) is 13.9. The summed E-state index contributed by atoms with van der Waals surface area (Å²) in [4.78, 5) is 0. The fraction of sp³-hybridized carbons (Fsp3) is 0.625. The average molecular weight is 266 g/mol. The molecule has 1 unspecified atom stereocenters. The van der Waals surface area contributed by atoms with Crippen LogP contribution in [0.25, 0.3) is 0 Å². The monoisotopic (exact) mass is 266 g/mol. The summed E-state index contributed by atoms with van der Waals surface area (Å²) in [6.45, 7) is 2.23. The molecule has 0 bridgehead atoms. The van der Waals surface area contributed by atoms with Crippen LogP contribution in [-0.4, -0.2) is 0 Å². The summed E-state index contributed by atoms with van der Waals surface area (Å²) in [5, 5.41) is 0. The molecule has 1 rings (SSSR count). The van der Waals surface area contributed by atoms with Crippen LogP contribution in [0.3, 0.4) is 0 Å². The Labute approximate surface area is 116 Å². The van der Waals surface area contributed by atoms with Crippen LogP contribution in [0.2, 0.25) is 0 Å². The van der Waals surface area contributed by atoms with Gasteiger partial charge in [0.25, 0.3) is 0 Å². The number of rotatable bonds is 10. The van der Waals surface area contributed by atoms with E-state index in [0.717, 1.165) is 18.4 Å². The van der Waals surface area contributed by atoms with Crippen LogP contribution in [0.15, 0.2) is 24.3 Å². The van der Waals surface area contributed by atoms with Crippen LogP contribution in [0.1, 0.15) is 69.9 Å². The number of nitrogens with two attached hydrogens (primary N) is 1. The number of nitrogens with one attached hydrogen (secondary N) is 1. The maximum atomic E-state index is 13.2. The lowest BCUT2D eigenvalue weighted by Crippen LogP contribution is -2.28.